The summed E-state index contributed by atoms with van der Waals surface area (Å²) in [5.74, 6) is -0.132. The zero-order chi connectivity index (χ0) is 11.4. The van der Waals surface area contributed by atoms with Gasteiger partial charge >= 0.3 is 0 Å². The molecule has 0 radical (unpaired) electrons. The minimum absolute atomic E-state index is 0.0121. The lowest BCUT2D eigenvalue weighted by molar-refractivity contribution is 0.150. The van der Waals surface area contributed by atoms with Crippen LogP contribution in [0.15, 0.2) is 6.07 Å². The fourth-order valence-corrected chi connectivity index (χ4v) is 1.23. The molecule has 0 N–H and O–H groups in total. The van der Waals surface area contributed by atoms with Gasteiger partial charge in [0, 0.05) is 5.56 Å². The summed E-state index contributed by atoms with van der Waals surface area (Å²) in [7, 11) is 1.26. The van der Waals surface area contributed by atoms with Crippen LogP contribution in [0.3, 0.4) is 0 Å². The van der Waals surface area contributed by atoms with Crippen LogP contribution in [0, 0.1) is 11.3 Å². The average Bonchev–Trinajstić information content (AvgIpc) is 2.26. The first-order chi connectivity index (χ1) is 7.13. The van der Waals surface area contributed by atoms with Gasteiger partial charge in [0.05, 0.1) is 18.7 Å². The second-order valence-corrected chi connectivity index (χ2v) is 2.90. The number of hydrogen-bond acceptors (Lipinski definition) is 3. The third-order valence-electron chi connectivity index (χ3n) is 1.75. The van der Waals surface area contributed by atoms with Crippen molar-refractivity contribution < 1.29 is 13.5 Å². The number of methoxy groups -OCH3 is 1. The molecule has 1 aromatic rings. The smallest absolute Gasteiger partial charge is 0.265 e. The van der Waals surface area contributed by atoms with E-state index in [9.17, 15) is 8.78 Å². The molecule has 0 fully saturated rings. The Morgan fingerprint density at radius 1 is 1.67 bits per heavy atom. The second-order valence-electron chi connectivity index (χ2n) is 2.63. The van der Waals surface area contributed by atoms with Crippen molar-refractivity contribution in [2.75, 3.05) is 7.11 Å². The first-order valence-electron chi connectivity index (χ1n) is 3.96. The lowest BCUT2D eigenvalue weighted by Gasteiger charge is -2.08. The number of halogens is 3. The number of rotatable bonds is 3. The van der Waals surface area contributed by atoms with E-state index in [1.165, 1.54) is 7.11 Å². The van der Waals surface area contributed by atoms with Crippen molar-refractivity contribution in [1.29, 1.82) is 5.26 Å². The highest BCUT2D eigenvalue weighted by atomic mass is 35.5. The molecule has 0 spiro atoms. The lowest BCUT2D eigenvalue weighted by Crippen LogP contribution is -2.01. The molecule has 80 valence electrons. The van der Waals surface area contributed by atoms with E-state index in [1.54, 1.807) is 6.07 Å². The van der Waals surface area contributed by atoms with Crippen LogP contribution >= 0.6 is 11.6 Å². The summed E-state index contributed by atoms with van der Waals surface area (Å²) >= 11 is 5.48. The van der Waals surface area contributed by atoms with E-state index in [0.29, 0.717) is 0 Å². The summed E-state index contributed by atoms with van der Waals surface area (Å²) in [5.41, 5.74) is -0.399. The maximum atomic E-state index is 12.6. The van der Waals surface area contributed by atoms with Gasteiger partial charge in [0.2, 0.25) is 5.88 Å². The van der Waals surface area contributed by atoms with Crippen LogP contribution in [0.4, 0.5) is 8.78 Å². The predicted molar refractivity (Wildman–Crippen MR) is 50.0 cm³/mol. The van der Waals surface area contributed by atoms with Crippen molar-refractivity contribution in [1.82, 2.24) is 4.98 Å². The van der Waals surface area contributed by atoms with E-state index in [2.05, 4.69) is 4.98 Å². The van der Waals surface area contributed by atoms with Crippen LogP contribution in [-0.4, -0.2) is 12.1 Å². The summed E-state index contributed by atoms with van der Waals surface area (Å²) in [5, 5.41) is 8.71. The number of alkyl halides is 3. The molecule has 0 unspecified atom stereocenters. The number of pyridine rings is 1. The van der Waals surface area contributed by atoms with Gasteiger partial charge in [-0.1, -0.05) is 0 Å². The minimum atomic E-state index is -2.75. The lowest BCUT2D eigenvalue weighted by atomic mass is 10.1. The van der Waals surface area contributed by atoms with Gasteiger partial charge in [-0.15, -0.1) is 11.6 Å². The Labute approximate surface area is 90.3 Å². The molecule has 3 nitrogen and oxygen atoms in total. The van der Waals surface area contributed by atoms with Gasteiger partial charge in [0.25, 0.3) is 6.43 Å². The third kappa shape index (κ3) is 2.34. The molecule has 0 amide bonds. The molecule has 15 heavy (non-hydrogen) atoms. The standard InChI is InChI=1S/C9H7ClF2N2O/c1-15-9-7(4-13)6(8(11)12)2-5(3-10)14-9/h2,8H,3H2,1H3. The first-order valence-corrected chi connectivity index (χ1v) is 4.49. The highest BCUT2D eigenvalue weighted by Gasteiger charge is 2.19. The Hall–Kier alpha value is -1.41. The van der Waals surface area contributed by atoms with Crippen LogP contribution in [0.2, 0.25) is 0 Å². The van der Waals surface area contributed by atoms with E-state index in [-0.39, 0.29) is 23.0 Å². The molecule has 0 atom stereocenters. The zero-order valence-electron chi connectivity index (χ0n) is 7.80. The van der Waals surface area contributed by atoms with Crippen molar-refractivity contribution in [3.63, 3.8) is 0 Å². The Bertz CT molecular complexity index is 404. The molecule has 0 aromatic carbocycles. The topological polar surface area (TPSA) is 45.9 Å². The van der Waals surface area contributed by atoms with E-state index >= 15 is 0 Å². The fourth-order valence-electron chi connectivity index (χ4n) is 1.09. The monoisotopic (exact) mass is 232 g/mol. The summed E-state index contributed by atoms with van der Waals surface area (Å²) in [6, 6.07) is 2.75. The fraction of sp³-hybridized carbons (Fsp3) is 0.333. The van der Waals surface area contributed by atoms with Crippen LogP contribution < -0.4 is 4.74 Å². The predicted octanol–water partition coefficient (Wildman–Crippen LogP) is 2.64. The van der Waals surface area contributed by atoms with Crippen LogP contribution in [0.1, 0.15) is 23.2 Å². The maximum absolute atomic E-state index is 12.6. The number of hydrogen-bond donors (Lipinski definition) is 0. The molecule has 0 saturated carbocycles. The molecule has 1 rings (SSSR count). The minimum Gasteiger partial charge on any atom is -0.480 e. The summed E-state index contributed by atoms with van der Waals surface area (Å²) in [6.45, 7) is 0. The van der Waals surface area contributed by atoms with Gasteiger partial charge in [0.1, 0.15) is 11.6 Å². The highest BCUT2D eigenvalue weighted by Crippen LogP contribution is 2.29. The molecular weight excluding hydrogens is 226 g/mol. The second kappa shape index (κ2) is 4.89. The third-order valence-corrected chi connectivity index (χ3v) is 2.02. The van der Waals surface area contributed by atoms with E-state index < -0.39 is 12.0 Å². The van der Waals surface area contributed by atoms with Gasteiger partial charge in [-0.05, 0) is 6.07 Å². The number of ether oxygens (including phenoxy) is 1. The molecule has 0 saturated heterocycles. The highest BCUT2D eigenvalue weighted by molar-refractivity contribution is 6.16. The Morgan fingerprint density at radius 2 is 2.33 bits per heavy atom. The van der Waals surface area contributed by atoms with Gasteiger partial charge in [-0.2, -0.15) is 5.26 Å². The molecule has 0 aliphatic carbocycles. The molecule has 0 aliphatic rings. The van der Waals surface area contributed by atoms with Gasteiger partial charge in [-0.25, -0.2) is 13.8 Å². The quantitative estimate of drug-likeness (QED) is 0.753. The molecule has 0 bridgehead atoms. The Kier molecular flexibility index (Phi) is 3.81. The van der Waals surface area contributed by atoms with Gasteiger partial charge < -0.3 is 4.74 Å². The first kappa shape index (κ1) is 11.7. The number of nitrogens with zero attached hydrogens (tertiary/aromatic N) is 2. The Balaban J connectivity index is 3.41. The zero-order valence-corrected chi connectivity index (χ0v) is 8.55. The number of nitriles is 1. The largest absolute Gasteiger partial charge is 0.480 e. The Morgan fingerprint density at radius 3 is 2.73 bits per heavy atom. The summed E-state index contributed by atoms with van der Waals surface area (Å²) < 4.78 is 29.9. The van der Waals surface area contributed by atoms with Crippen molar-refractivity contribution >= 4 is 11.6 Å². The van der Waals surface area contributed by atoms with Crippen molar-refractivity contribution in [3.05, 3.63) is 22.9 Å². The van der Waals surface area contributed by atoms with Crippen molar-refractivity contribution in [3.8, 4) is 11.9 Å². The molecule has 1 aromatic heterocycles. The SMILES string of the molecule is COc1nc(CCl)cc(C(F)F)c1C#N. The number of aromatic nitrogens is 1. The molecule has 6 heteroatoms. The van der Waals surface area contributed by atoms with E-state index in [0.717, 1.165) is 6.07 Å². The average molecular weight is 233 g/mol. The normalized spacial score (nSPS) is 10.1. The molecular formula is C9H7ClF2N2O. The maximum Gasteiger partial charge on any atom is 0.265 e. The summed E-state index contributed by atoms with van der Waals surface area (Å²) in [6.07, 6.45) is -2.75. The van der Waals surface area contributed by atoms with Crippen molar-refractivity contribution in [2.24, 2.45) is 0 Å². The molecule has 0 aliphatic heterocycles. The van der Waals surface area contributed by atoms with Crippen LogP contribution in [0.25, 0.3) is 0 Å². The summed E-state index contributed by atoms with van der Waals surface area (Å²) in [4.78, 5) is 3.81. The van der Waals surface area contributed by atoms with Gasteiger partial charge in [-0.3, -0.25) is 0 Å². The molecule has 1 heterocycles. The van der Waals surface area contributed by atoms with Crippen LogP contribution in [0.5, 0.6) is 5.88 Å². The van der Waals surface area contributed by atoms with Crippen LogP contribution in [-0.2, 0) is 5.88 Å². The van der Waals surface area contributed by atoms with Crippen molar-refractivity contribution in [2.45, 2.75) is 12.3 Å². The van der Waals surface area contributed by atoms with Gasteiger partial charge in [0.15, 0.2) is 0 Å². The van der Waals surface area contributed by atoms with E-state index in [1.807, 2.05) is 0 Å². The van der Waals surface area contributed by atoms with E-state index in [4.69, 9.17) is 21.6 Å².